The maximum absolute atomic E-state index is 11.9. The van der Waals surface area contributed by atoms with Gasteiger partial charge in [-0.3, -0.25) is 0 Å². The van der Waals surface area contributed by atoms with Crippen molar-refractivity contribution >= 4 is 17.5 Å². The lowest BCUT2D eigenvalue weighted by atomic mass is 10.0. The number of fused-ring (bicyclic) bond motifs is 1. The van der Waals surface area contributed by atoms with Crippen molar-refractivity contribution in [1.82, 2.24) is 30.0 Å². The van der Waals surface area contributed by atoms with Crippen LogP contribution in [0.25, 0.3) is 5.65 Å². The Bertz CT molecular complexity index is 728. The number of aromatic nitrogens is 4. The summed E-state index contributed by atoms with van der Waals surface area (Å²) in [5.74, 6) is 1.80. The van der Waals surface area contributed by atoms with Gasteiger partial charge in [0, 0.05) is 32.6 Å². The Morgan fingerprint density at radius 3 is 3.00 bits per heavy atom. The van der Waals surface area contributed by atoms with Crippen LogP contribution >= 0.6 is 0 Å². The average Bonchev–Trinajstić information content (AvgIpc) is 3.20. The molecule has 2 amide bonds. The zero-order valence-corrected chi connectivity index (χ0v) is 13.3. The summed E-state index contributed by atoms with van der Waals surface area (Å²) in [7, 11) is 0. The fourth-order valence-electron chi connectivity index (χ4n) is 3.46. The number of piperidine rings is 1. The van der Waals surface area contributed by atoms with Crippen LogP contribution in [-0.2, 0) is 6.42 Å². The van der Waals surface area contributed by atoms with Gasteiger partial charge in [0.2, 0.25) is 0 Å². The smallest absolute Gasteiger partial charge is 0.317 e. The first-order valence-electron chi connectivity index (χ1n) is 8.27. The number of rotatable bonds is 3. The van der Waals surface area contributed by atoms with Crippen LogP contribution in [0.4, 0.5) is 10.6 Å². The number of nitrogens with one attached hydrogen (secondary N) is 1. The standard InChI is InChI=1S/C15H21N7O/c1-2-12-17-18-13-5-6-14(19-22(12)13)20-8-3-4-11(10-20)21-9-7-16-15(21)23/h5-6,11H,2-4,7-10H2,1H3,(H,16,23). The lowest BCUT2D eigenvalue weighted by Gasteiger charge is -2.37. The number of hydrogen-bond donors (Lipinski definition) is 1. The van der Waals surface area contributed by atoms with Crippen LogP contribution in [0.2, 0.25) is 0 Å². The van der Waals surface area contributed by atoms with Gasteiger partial charge >= 0.3 is 6.03 Å². The predicted octanol–water partition coefficient (Wildman–Crippen LogP) is 0.681. The molecule has 0 aromatic carbocycles. The van der Waals surface area contributed by atoms with Gasteiger partial charge in [-0.25, -0.2) is 4.79 Å². The Kier molecular flexibility index (Phi) is 3.51. The van der Waals surface area contributed by atoms with Gasteiger partial charge in [-0.15, -0.1) is 15.3 Å². The summed E-state index contributed by atoms with van der Waals surface area (Å²) >= 11 is 0. The van der Waals surface area contributed by atoms with Gasteiger partial charge in [0.25, 0.3) is 0 Å². The Morgan fingerprint density at radius 1 is 1.30 bits per heavy atom. The van der Waals surface area contributed by atoms with E-state index in [4.69, 9.17) is 5.10 Å². The van der Waals surface area contributed by atoms with E-state index in [2.05, 4.69) is 20.4 Å². The number of carbonyl (C=O) groups excluding carboxylic acids is 1. The molecule has 2 aromatic heterocycles. The number of nitrogens with zero attached hydrogens (tertiary/aromatic N) is 6. The highest BCUT2D eigenvalue weighted by Crippen LogP contribution is 2.22. The van der Waals surface area contributed by atoms with E-state index in [0.717, 1.165) is 62.7 Å². The average molecular weight is 315 g/mol. The first kappa shape index (κ1) is 14.2. The third-order valence-corrected chi connectivity index (χ3v) is 4.68. The van der Waals surface area contributed by atoms with Crippen molar-refractivity contribution in [3.8, 4) is 0 Å². The molecule has 0 radical (unpaired) electrons. The van der Waals surface area contributed by atoms with Crippen LogP contribution in [0.1, 0.15) is 25.6 Å². The molecule has 8 heteroatoms. The van der Waals surface area contributed by atoms with E-state index in [1.807, 2.05) is 28.5 Å². The van der Waals surface area contributed by atoms with Gasteiger partial charge in [-0.1, -0.05) is 6.92 Å². The van der Waals surface area contributed by atoms with E-state index in [1.54, 1.807) is 0 Å². The Labute approximate surface area is 134 Å². The van der Waals surface area contributed by atoms with Crippen molar-refractivity contribution in [2.45, 2.75) is 32.2 Å². The lowest BCUT2D eigenvalue weighted by molar-refractivity contribution is 0.189. The van der Waals surface area contributed by atoms with Gasteiger partial charge in [-0.2, -0.15) is 4.52 Å². The predicted molar refractivity (Wildman–Crippen MR) is 85.5 cm³/mol. The Balaban J connectivity index is 1.58. The summed E-state index contributed by atoms with van der Waals surface area (Å²) in [5, 5.41) is 15.9. The molecule has 2 saturated heterocycles. The Morgan fingerprint density at radius 2 is 2.22 bits per heavy atom. The molecule has 122 valence electrons. The monoisotopic (exact) mass is 315 g/mol. The van der Waals surface area contributed by atoms with E-state index < -0.39 is 0 Å². The van der Waals surface area contributed by atoms with Crippen molar-refractivity contribution in [3.05, 3.63) is 18.0 Å². The fourth-order valence-corrected chi connectivity index (χ4v) is 3.46. The second-order valence-electron chi connectivity index (χ2n) is 6.10. The molecular formula is C15H21N7O. The molecule has 0 aliphatic carbocycles. The molecule has 8 nitrogen and oxygen atoms in total. The van der Waals surface area contributed by atoms with Crippen molar-refractivity contribution in [2.75, 3.05) is 31.1 Å². The van der Waals surface area contributed by atoms with Crippen molar-refractivity contribution in [1.29, 1.82) is 0 Å². The summed E-state index contributed by atoms with van der Waals surface area (Å²) in [5.41, 5.74) is 0.776. The van der Waals surface area contributed by atoms with Gasteiger partial charge in [0.05, 0.1) is 6.04 Å². The zero-order chi connectivity index (χ0) is 15.8. The summed E-state index contributed by atoms with van der Waals surface area (Å²) in [4.78, 5) is 16.1. The van der Waals surface area contributed by atoms with Crippen LogP contribution < -0.4 is 10.2 Å². The fraction of sp³-hybridized carbons (Fsp3) is 0.600. The quantitative estimate of drug-likeness (QED) is 0.901. The van der Waals surface area contributed by atoms with Crippen molar-refractivity contribution in [3.63, 3.8) is 0 Å². The largest absolute Gasteiger partial charge is 0.353 e. The molecule has 2 fully saturated rings. The molecule has 4 rings (SSSR count). The molecule has 23 heavy (non-hydrogen) atoms. The summed E-state index contributed by atoms with van der Waals surface area (Å²) in [6.45, 7) is 5.40. The maximum atomic E-state index is 11.9. The number of urea groups is 1. The van der Waals surface area contributed by atoms with Gasteiger partial charge in [-0.05, 0) is 25.0 Å². The molecule has 0 saturated carbocycles. The summed E-state index contributed by atoms with van der Waals surface area (Å²) in [6, 6.07) is 4.28. The minimum absolute atomic E-state index is 0.0624. The second kappa shape index (κ2) is 5.68. The van der Waals surface area contributed by atoms with Crippen LogP contribution in [0, 0.1) is 0 Å². The molecule has 2 aliphatic heterocycles. The third kappa shape index (κ3) is 2.47. The zero-order valence-electron chi connectivity index (χ0n) is 13.3. The molecule has 2 aliphatic rings. The van der Waals surface area contributed by atoms with Gasteiger partial charge in [0.1, 0.15) is 5.82 Å². The molecule has 1 atom stereocenters. The van der Waals surface area contributed by atoms with E-state index in [0.29, 0.717) is 0 Å². The summed E-state index contributed by atoms with van der Waals surface area (Å²) < 4.78 is 1.82. The molecular weight excluding hydrogens is 294 g/mol. The first-order chi connectivity index (χ1) is 11.3. The highest BCUT2D eigenvalue weighted by atomic mass is 16.2. The van der Waals surface area contributed by atoms with Gasteiger partial charge < -0.3 is 15.1 Å². The minimum Gasteiger partial charge on any atom is -0.353 e. The molecule has 1 unspecified atom stereocenters. The number of amides is 2. The number of aryl methyl sites for hydroxylation is 1. The SMILES string of the molecule is CCc1nnc2ccc(N3CCCC(N4CCNC4=O)C3)nn12. The number of hydrogen-bond acceptors (Lipinski definition) is 5. The van der Waals surface area contributed by atoms with Crippen LogP contribution in [0.15, 0.2) is 12.1 Å². The van der Waals surface area contributed by atoms with E-state index in [1.165, 1.54) is 0 Å². The van der Waals surface area contributed by atoms with Crippen LogP contribution in [0.3, 0.4) is 0 Å². The first-order valence-corrected chi connectivity index (χ1v) is 8.27. The normalized spacial score (nSPS) is 22.0. The summed E-state index contributed by atoms with van der Waals surface area (Å²) in [6.07, 6.45) is 2.92. The maximum Gasteiger partial charge on any atom is 0.317 e. The lowest BCUT2D eigenvalue weighted by Crippen LogP contribution is -2.49. The Hall–Kier alpha value is -2.38. The molecule has 0 spiro atoms. The highest BCUT2D eigenvalue weighted by Gasteiger charge is 2.31. The van der Waals surface area contributed by atoms with Crippen LogP contribution in [0.5, 0.6) is 0 Å². The third-order valence-electron chi connectivity index (χ3n) is 4.68. The van der Waals surface area contributed by atoms with Crippen molar-refractivity contribution in [2.24, 2.45) is 0 Å². The van der Waals surface area contributed by atoms with E-state index in [-0.39, 0.29) is 12.1 Å². The minimum atomic E-state index is 0.0624. The second-order valence-corrected chi connectivity index (χ2v) is 6.10. The van der Waals surface area contributed by atoms with Gasteiger partial charge in [0.15, 0.2) is 11.5 Å². The molecule has 4 heterocycles. The van der Waals surface area contributed by atoms with Crippen LogP contribution in [-0.4, -0.2) is 63.0 Å². The highest BCUT2D eigenvalue weighted by molar-refractivity contribution is 5.76. The van der Waals surface area contributed by atoms with Crippen molar-refractivity contribution < 1.29 is 4.79 Å². The molecule has 0 bridgehead atoms. The molecule has 2 aromatic rings. The number of anilines is 1. The van der Waals surface area contributed by atoms with E-state index >= 15 is 0 Å². The number of carbonyl (C=O) groups is 1. The topological polar surface area (TPSA) is 78.7 Å². The molecule has 1 N–H and O–H groups in total. The van der Waals surface area contributed by atoms with E-state index in [9.17, 15) is 4.79 Å².